The molecular formula is C35H37N5O3. The predicted octanol–water partition coefficient (Wildman–Crippen LogP) is 5.09. The summed E-state index contributed by atoms with van der Waals surface area (Å²) in [6.07, 6.45) is 1.86. The summed E-state index contributed by atoms with van der Waals surface area (Å²) in [6, 6.07) is 30.2. The number of aromatic nitrogens is 2. The summed E-state index contributed by atoms with van der Waals surface area (Å²) in [4.78, 5) is 32.4. The highest BCUT2D eigenvalue weighted by Gasteiger charge is 2.28. The quantitative estimate of drug-likeness (QED) is 0.291. The first kappa shape index (κ1) is 28.6. The first-order valence-electron chi connectivity index (χ1n) is 15.0. The predicted molar refractivity (Wildman–Crippen MR) is 168 cm³/mol. The van der Waals surface area contributed by atoms with Crippen LogP contribution in [0.15, 0.2) is 91.0 Å². The molecule has 2 saturated heterocycles. The van der Waals surface area contributed by atoms with E-state index < -0.39 is 0 Å². The fourth-order valence-electron chi connectivity index (χ4n) is 5.69. The number of benzene rings is 3. The maximum Gasteiger partial charge on any atom is 0.254 e. The summed E-state index contributed by atoms with van der Waals surface area (Å²) >= 11 is 0. The lowest BCUT2D eigenvalue weighted by Crippen LogP contribution is -2.52. The van der Waals surface area contributed by atoms with Crippen molar-refractivity contribution in [3.8, 4) is 22.4 Å². The van der Waals surface area contributed by atoms with Gasteiger partial charge in [0, 0.05) is 50.5 Å². The molecule has 0 spiro atoms. The van der Waals surface area contributed by atoms with Crippen molar-refractivity contribution in [2.75, 3.05) is 50.8 Å². The number of rotatable bonds is 8. The smallest absolute Gasteiger partial charge is 0.254 e. The van der Waals surface area contributed by atoms with Gasteiger partial charge in [-0.1, -0.05) is 72.3 Å². The van der Waals surface area contributed by atoms with Gasteiger partial charge >= 0.3 is 0 Å². The van der Waals surface area contributed by atoms with E-state index in [9.17, 15) is 9.59 Å². The summed E-state index contributed by atoms with van der Waals surface area (Å²) in [5.41, 5.74) is 5.87. The Bertz CT molecular complexity index is 1510. The van der Waals surface area contributed by atoms with Crippen LogP contribution in [0.1, 0.15) is 28.8 Å². The zero-order valence-electron chi connectivity index (χ0n) is 24.6. The van der Waals surface area contributed by atoms with Crippen LogP contribution in [-0.2, 0) is 9.53 Å². The summed E-state index contributed by atoms with van der Waals surface area (Å²) < 4.78 is 5.80. The number of carbonyl (C=O) groups is 2. The lowest BCUT2D eigenvalue weighted by Gasteiger charge is -2.36. The maximum absolute atomic E-state index is 13.4. The molecule has 2 aliphatic rings. The Morgan fingerprint density at radius 2 is 1.51 bits per heavy atom. The van der Waals surface area contributed by atoms with E-state index in [1.165, 1.54) is 5.56 Å². The molecule has 1 atom stereocenters. The van der Waals surface area contributed by atoms with Gasteiger partial charge in [0.1, 0.15) is 6.54 Å². The van der Waals surface area contributed by atoms with Gasteiger partial charge < -0.3 is 19.4 Å². The van der Waals surface area contributed by atoms with Gasteiger partial charge in [0.05, 0.1) is 11.8 Å². The van der Waals surface area contributed by atoms with E-state index >= 15 is 0 Å². The Morgan fingerprint density at radius 1 is 0.814 bits per heavy atom. The second-order valence-electron chi connectivity index (χ2n) is 11.3. The number of amides is 2. The number of piperazine rings is 1. The van der Waals surface area contributed by atoms with Crippen LogP contribution in [0.2, 0.25) is 0 Å². The highest BCUT2D eigenvalue weighted by Crippen LogP contribution is 2.24. The van der Waals surface area contributed by atoms with Crippen molar-refractivity contribution in [3.05, 3.63) is 102 Å². The molecule has 6 rings (SSSR count). The zero-order valence-corrected chi connectivity index (χ0v) is 24.6. The third-order valence-electron chi connectivity index (χ3n) is 8.25. The van der Waals surface area contributed by atoms with Gasteiger partial charge in [-0.15, -0.1) is 10.2 Å². The average molecular weight is 576 g/mol. The van der Waals surface area contributed by atoms with E-state index in [-0.39, 0.29) is 24.5 Å². The van der Waals surface area contributed by atoms with Gasteiger partial charge in [-0.2, -0.15) is 0 Å². The van der Waals surface area contributed by atoms with Crippen molar-refractivity contribution in [3.63, 3.8) is 0 Å². The van der Waals surface area contributed by atoms with E-state index in [0.29, 0.717) is 44.9 Å². The first-order valence-corrected chi connectivity index (χ1v) is 15.0. The Balaban J connectivity index is 1.05. The average Bonchev–Trinajstić information content (AvgIpc) is 3.58. The lowest BCUT2D eigenvalue weighted by atomic mass is 10.0. The normalized spacial score (nSPS) is 16.7. The van der Waals surface area contributed by atoms with Gasteiger partial charge in [-0.05, 0) is 55.2 Å². The largest absolute Gasteiger partial charge is 0.376 e. The van der Waals surface area contributed by atoms with E-state index in [4.69, 9.17) is 4.74 Å². The molecule has 0 saturated carbocycles. The van der Waals surface area contributed by atoms with E-state index in [1.807, 2.05) is 66.4 Å². The number of hydrogen-bond donors (Lipinski definition) is 0. The maximum atomic E-state index is 13.4. The molecule has 8 heteroatoms. The highest BCUT2D eigenvalue weighted by molar-refractivity contribution is 5.96. The molecule has 220 valence electrons. The number of carbonyl (C=O) groups excluding carboxylic acids is 2. The molecule has 4 aromatic rings. The first-order chi connectivity index (χ1) is 21.0. The van der Waals surface area contributed by atoms with Crippen molar-refractivity contribution in [1.82, 2.24) is 20.0 Å². The van der Waals surface area contributed by atoms with Gasteiger partial charge in [0.25, 0.3) is 5.91 Å². The summed E-state index contributed by atoms with van der Waals surface area (Å²) in [7, 11) is 0. The summed E-state index contributed by atoms with van der Waals surface area (Å²) in [6.45, 7) is 5.61. The number of nitrogens with zero attached hydrogens (tertiary/aromatic N) is 5. The van der Waals surface area contributed by atoms with Crippen LogP contribution in [-0.4, -0.2) is 83.8 Å². The summed E-state index contributed by atoms with van der Waals surface area (Å²) in [5, 5.41) is 9.00. The Hall–Kier alpha value is -4.56. The van der Waals surface area contributed by atoms with Crippen LogP contribution in [0.5, 0.6) is 0 Å². The van der Waals surface area contributed by atoms with E-state index in [0.717, 1.165) is 41.0 Å². The van der Waals surface area contributed by atoms with Gasteiger partial charge in [0.2, 0.25) is 5.91 Å². The van der Waals surface area contributed by atoms with Crippen molar-refractivity contribution in [2.24, 2.45) is 0 Å². The molecule has 0 radical (unpaired) electrons. The molecule has 2 amide bonds. The minimum Gasteiger partial charge on any atom is -0.376 e. The molecule has 0 N–H and O–H groups in total. The Labute approximate surface area is 252 Å². The van der Waals surface area contributed by atoms with Gasteiger partial charge in [-0.25, -0.2) is 0 Å². The molecule has 0 aliphatic carbocycles. The number of aryl methyl sites for hydroxylation is 1. The van der Waals surface area contributed by atoms with Crippen LogP contribution >= 0.6 is 0 Å². The zero-order chi connectivity index (χ0) is 29.6. The number of anilines is 1. The minimum atomic E-state index is -0.132. The van der Waals surface area contributed by atoms with Gasteiger partial charge in [-0.3, -0.25) is 9.59 Å². The fraction of sp³-hybridized carbons (Fsp3) is 0.314. The molecule has 43 heavy (non-hydrogen) atoms. The van der Waals surface area contributed by atoms with Crippen LogP contribution in [0.4, 0.5) is 5.82 Å². The highest BCUT2D eigenvalue weighted by atomic mass is 16.5. The lowest BCUT2D eigenvalue weighted by molar-refractivity contribution is -0.132. The fourth-order valence-corrected chi connectivity index (χ4v) is 5.69. The van der Waals surface area contributed by atoms with E-state index in [2.05, 4.69) is 51.5 Å². The molecule has 1 aromatic heterocycles. The Kier molecular flexibility index (Phi) is 8.75. The Morgan fingerprint density at radius 3 is 2.16 bits per heavy atom. The molecule has 2 fully saturated rings. The van der Waals surface area contributed by atoms with E-state index in [1.54, 1.807) is 4.90 Å². The molecule has 0 unspecified atom stereocenters. The molecule has 2 aliphatic heterocycles. The SMILES string of the molecule is Cc1ccc(C(=O)N(CC(=O)N2CCN(c3ccc(-c4ccc(-c5ccccc5)cc4)nn3)CC2)C[C@@H]2CCCO2)cc1. The standard InChI is InChI=1S/C35H37N5O3/c1-26-9-11-30(12-10-26)35(42)40(24-31-8-5-23-43-31)25-34(41)39-21-19-38(20-22-39)33-18-17-32(36-37-33)29-15-13-28(14-16-29)27-6-3-2-4-7-27/h2-4,6-7,9-18,31H,5,8,19-25H2,1H3/t31-/m0/s1. The topological polar surface area (TPSA) is 78.9 Å². The van der Waals surface area contributed by atoms with Crippen LogP contribution in [0, 0.1) is 6.92 Å². The third-order valence-corrected chi connectivity index (χ3v) is 8.25. The van der Waals surface area contributed by atoms with Crippen molar-refractivity contribution >= 4 is 17.6 Å². The van der Waals surface area contributed by atoms with Crippen LogP contribution in [0.3, 0.4) is 0 Å². The molecule has 0 bridgehead atoms. The van der Waals surface area contributed by atoms with Crippen LogP contribution < -0.4 is 4.90 Å². The third kappa shape index (κ3) is 6.92. The number of hydrogen-bond acceptors (Lipinski definition) is 6. The van der Waals surface area contributed by atoms with Crippen molar-refractivity contribution in [2.45, 2.75) is 25.9 Å². The second kappa shape index (κ2) is 13.2. The number of ether oxygens (including phenoxy) is 1. The van der Waals surface area contributed by atoms with Crippen molar-refractivity contribution in [1.29, 1.82) is 0 Å². The molecular weight excluding hydrogens is 538 g/mol. The summed E-state index contributed by atoms with van der Waals surface area (Å²) in [5.74, 6) is 0.623. The van der Waals surface area contributed by atoms with Crippen molar-refractivity contribution < 1.29 is 14.3 Å². The second-order valence-corrected chi connectivity index (χ2v) is 11.3. The molecule has 8 nitrogen and oxygen atoms in total. The molecule has 3 aromatic carbocycles. The molecule has 3 heterocycles. The monoisotopic (exact) mass is 575 g/mol. The minimum absolute atomic E-state index is 0.0256. The van der Waals surface area contributed by atoms with Crippen LogP contribution in [0.25, 0.3) is 22.4 Å². The van der Waals surface area contributed by atoms with Gasteiger partial charge in [0.15, 0.2) is 5.82 Å².